The van der Waals surface area contributed by atoms with Crippen LogP contribution in [0.3, 0.4) is 0 Å². The predicted molar refractivity (Wildman–Crippen MR) is 81.4 cm³/mol. The van der Waals surface area contributed by atoms with E-state index in [2.05, 4.69) is 30.2 Å². The smallest absolute Gasteiger partial charge is 0.204 e. The molecule has 8 heteroatoms. The highest BCUT2D eigenvalue weighted by Crippen LogP contribution is 1.97. The minimum Gasteiger partial charge on any atom is -0.354 e. The van der Waals surface area contributed by atoms with Crippen LogP contribution in [0.4, 0.5) is 0 Å². The van der Waals surface area contributed by atoms with Gasteiger partial charge in [-0.2, -0.15) is 9.64 Å². The van der Waals surface area contributed by atoms with Gasteiger partial charge in [-0.25, -0.2) is 0 Å². The zero-order valence-corrected chi connectivity index (χ0v) is 12.7. The average molecular weight is 295 g/mol. The van der Waals surface area contributed by atoms with Crippen molar-refractivity contribution in [3.63, 3.8) is 0 Å². The van der Waals surface area contributed by atoms with Crippen LogP contribution in [-0.4, -0.2) is 55.5 Å². The van der Waals surface area contributed by atoms with Gasteiger partial charge in [0.15, 0.2) is 6.19 Å². The SMILES string of the molecule is CN(C)CCN/C(=N/CCNCc1ccsn1)NC#N. The van der Waals surface area contributed by atoms with Gasteiger partial charge in [-0.15, -0.1) is 0 Å². The van der Waals surface area contributed by atoms with Gasteiger partial charge in [0, 0.05) is 31.6 Å². The molecule has 0 saturated carbocycles. The van der Waals surface area contributed by atoms with Gasteiger partial charge in [0.1, 0.15) is 0 Å². The first-order valence-corrected chi connectivity index (χ1v) is 7.24. The molecule has 1 aromatic heterocycles. The summed E-state index contributed by atoms with van der Waals surface area (Å²) in [4.78, 5) is 6.36. The van der Waals surface area contributed by atoms with Crippen molar-refractivity contribution in [1.82, 2.24) is 25.2 Å². The predicted octanol–water partition coefficient (Wildman–Crippen LogP) is -0.189. The zero-order chi connectivity index (χ0) is 14.6. The van der Waals surface area contributed by atoms with Crippen molar-refractivity contribution < 1.29 is 0 Å². The molecule has 7 nitrogen and oxygen atoms in total. The summed E-state index contributed by atoms with van der Waals surface area (Å²) in [5, 5.41) is 19.5. The van der Waals surface area contributed by atoms with Crippen LogP contribution in [0.5, 0.6) is 0 Å². The first kappa shape index (κ1) is 16.4. The normalized spacial score (nSPS) is 11.4. The molecule has 1 aromatic rings. The molecule has 0 amide bonds. The molecule has 3 N–H and O–H groups in total. The molecule has 0 unspecified atom stereocenters. The molecule has 0 aliphatic carbocycles. The Hall–Kier alpha value is -1.69. The molecule has 0 aromatic carbocycles. The maximum absolute atomic E-state index is 8.66. The third kappa shape index (κ3) is 7.68. The van der Waals surface area contributed by atoms with E-state index < -0.39 is 0 Å². The number of aliphatic imine (C=N–C) groups is 1. The lowest BCUT2D eigenvalue weighted by Crippen LogP contribution is -2.39. The van der Waals surface area contributed by atoms with Crippen LogP contribution in [0, 0.1) is 11.5 Å². The Labute approximate surface area is 123 Å². The molecular weight excluding hydrogens is 274 g/mol. The van der Waals surface area contributed by atoms with Crippen LogP contribution in [0.25, 0.3) is 0 Å². The summed E-state index contributed by atoms with van der Waals surface area (Å²) in [5.74, 6) is 0.518. The number of hydrogen-bond donors (Lipinski definition) is 3. The summed E-state index contributed by atoms with van der Waals surface area (Å²) in [6.45, 7) is 3.71. The molecule has 110 valence electrons. The third-order valence-electron chi connectivity index (χ3n) is 2.38. The molecule has 0 atom stereocenters. The molecule has 0 aliphatic rings. The Balaban J connectivity index is 2.19. The van der Waals surface area contributed by atoms with Gasteiger partial charge >= 0.3 is 0 Å². The van der Waals surface area contributed by atoms with Crippen LogP contribution in [-0.2, 0) is 6.54 Å². The maximum Gasteiger partial charge on any atom is 0.204 e. The van der Waals surface area contributed by atoms with Crippen LogP contribution >= 0.6 is 11.5 Å². The van der Waals surface area contributed by atoms with Crippen molar-refractivity contribution in [3.8, 4) is 6.19 Å². The number of aromatic nitrogens is 1. The third-order valence-corrected chi connectivity index (χ3v) is 2.98. The van der Waals surface area contributed by atoms with E-state index in [9.17, 15) is 0 Å². The lowest BCUT2D eigenvalue weighted by Gasteiger charge is -2.12. The summed E-state index contributed by atoms with van der Waals surface area (Å²) >= 11 is 1.45. The molecule has 1 rings (SSSR count). The largest absolute Gasteiger partial charge is 0.354 e. The molecule has 0 aliphatic heterocycles. The number of nitrogens with zero attached hydrogens (tertiary/aromatic N) is 4. The van der Waals surface area contributed by atoms with E-state index in [1.165, 1.54) is 11.5 Å². The van der Waals surface area contributed by atoms with Gasteiger partial charge in [-0.1, -0.05) is 0 Å². The van der Waals surface area contributed by atoms with Crippen molar-refractivity contribution in [1.29, 1.82) is 5.26 Å². The van der Waals surface area contributed by atoms with E-state index in [1.807, 2.05) is 31.7 Å². The van der Waals surface area contributed by atoms with Crippen molar-refractivity contribution in [3.05, 3.63) is 17.1 Å². The van der Waals surface area contributed by atoms with Gasteiger partial charge < -0.3 is 15.5 Å². The minimum absolute atomic E-state index is 0.518. The molecule has 0 saturated heterocycles. The molecular formula is C12H21N7S. The number of nitriles is 1. The topological polar surface area (TPSA) is 88.4 Å². The van der Waals surface area contributed by atoms with Gasteiger partial charge in [-0.05, 0) is 31.7 Å². The Morgan fingerprint density at radius 1 is 1.50 bits per heavy atom. The van der Waals surface area contributed by atoms with Crippen LogP contribution in [0.1, 0.15) is 5.69 Å². The molecule has 0 spiro atoms. The Kier molecular flexibility index (Phi) is 8.30. The molecule has 1 heterocycles. The molecule has 0 radical (unpaired) electrons. The van der Waals surface area contributed by atoms with E-state index in [1.54, 1.807) is 0 Å². The van der Waals surface area contributed by atoms with Gasteiger partial charge in [-0.3, -0.25) is 10.3 Å². The first-order chi connectivity index (χ1) is 9.72. The van der Waals surface area contributed by atoms with Crippen molar-refractivity contribution in [2.45, 2.75) is 6.54 Å². The molecule has 0 fully saturated rings. The average Bonchev–Trinajstić information content (AvgIpc) is 2.91. The van der Waals surface area contributed by atoms with Crippen molar-refractivity contribution >= 4 is 17.5 Å². The van der Waals surface area contributed by atoms with E-state index in [4.69, 9.17) is 5.26 Å². The van der Waals surface area contributed by atoms with Gasteiger partial charge in [0.25, 0.3) is 0 Å². The van der Waals surface area contributed by atoms with E-state index in [0.717, 1.165) is 31.9 Å². The van der Waals surface area contributed by atoms with Crippen LogP contribution in [0.15, 0.2) is 16.4 Å². The van der Waals surface area contributed by atoms with Crippen molar-refractivity contribution in [2.24, 2.45) is 4.99 Å². The summed E-state index contributed by atoms with van der Waals surface area (Å²) in [6, 6.07) is 1.99. The standard InChI is InChI=1S/C12H21N7S/c1-19(2)7-6-16-12(17-10-13)15-5-4-14-9-11-3-8-20-18-11/h3,8,14H,4-7,9H2,1-2H3,(H2,15,16,17). The number of rotatable bonds is 8. The van der Waals surface area contributed by atoms with E-state index >= 15 is 0 Å². The number of guanidine groups is 1. The monoisotopic (exact) mass is 295 g/mol. The summed E-state index contributed by atoms with van der Waals surface area (Å²) in [6.07, 6.45) is 1.88. The Bertz CT molecular complexity index is 422. The van der Waals surface area contributed by atoms with Gasteiger partial charge in [0.05, 0.1) is 12.2 Å². The number of nitrogens with one attached hydrogen (secondary N) is 3. The number of likely N-dealkylation sites (N-methyl/N-ethyl adjacent to an activating group) is 1. The first-order valence-electron chi connectivity index (χ1n) is 6.40. The van der Waals surface area contributed by atoms with E-state index in [0.29, 0.717) is 12.5 Å². The summed E-state index contributed by atoms with van der Waals surface area (Å²) in [7, 11) is 4.00. The second kappa shape index (κ2) is 10.1. The lowest BCUT2D eigenvalue weighted by molar-refractivity contribution is 0.412. The Morgan fingerprint density at radius 3 is 3.00 bits per heavy atom. The maximum atomic E-state index is 8.66. The zero-order valence-electron chi connectivity index (χ0n) is 11.9. The highest BCUT2D eigenvalue weighted by atomic mass is 32.1. The minimum atomic E-state index is 0.518. The van der Waals surface area contributed by atoms with Crippen molar-refractivity contribution in [2.75, 3.05) is 40.3 Å². The fraction of sp³-hybridized carbons (Fsp3) is 0.583. The lowest BCUT2D eigenvalue weighted by atomic mass is 10.4. The highest BCUT2D eigenvalue weighted by molar-refractivity contribution is 7.03. The van der Waals surface area contributed by atoms with Gasteiger partial charge in [0.2, 0.25) is 5.96 Å². The molecule has 20 heavy (non-hydrogen) atoms. The van der Waals surface area contributed by atoms with Crippen LogP contribution in [0.2, 0.25) is 0 Å². The second-order valence-electron chi connectivity index (χ2n) is 4.36. The number of hydrogen-bond acceptors (Lipinski definition) is 6. The Morgan fingerprint density at radius 2 is 2.35 bits per heavy atom. The van der Waals surface area contributed by atoms with E-state index in [-0.39, 0.29) is 0 Å². The summed E-state index contributed by atoms with van der Waals surface area (Å²) in [5.41, 5.74) is 1.04. The quantitative estimate of drug-likeness (QED) is 0.203. The molecule has 0 bridgehead atoms. The highest BCUT2D eigenvalue weighted by Gasteiger charge is 1.98. The second-order valence-corrected chi connectivity index (χ2v) is 5.03. The summed E-state index contributed by atoms with van der Waals surface area (Å²) < 4.78 is 4.21. The fourth-order valence-electron chi connectivity index (χ4n) is 1.38. The fourth-order valence-corrected chi connectivity index (χ4v) is 1.92. The van der Waals surface area contributed by atoms with Crippen LogP contribution < -0.4 is 16.0 Å².